The lowest BCUT2D eigenvalue weighted by Gasteiger charge is -2.20. The standard InChI is InChI=1S/C22H19N3O3S2/c23-21(24)20-11-16-17(7-4-8-19(16)30-20)28-18(14-5-2-1-3-6-14)12-27-22(26)25-15-9-10-29-13-15/h1-11,13,18H,12H2,(H3,23,24)(H,25,26). The smallest absolute Gasteiger partial charge is 0.411 e. The van der Waals surface area contributed by atoms with Gasteiger partial charge in [0.2, 0.25) is 0 Å². The van der Waals surface area contributed by atoms with Crippen molar-refractivity contribution < 1.29 is 14.3 Å². The number of nitrogens with one attached hydrogen (secondary N) is 2. The Kier molecular flexibility index (Phi) is 5.97. The van der Waals surface area contributed by atoms with E-state index in [9.17, 15) is 4.79 Å². The Hall–Kier alpha value is -3.36. The second-order valence-electron chi connectivity index (χ2n) is 6.44. The summed E-state index contributed by atoms with van der Waals surface area (Å²) in [6, 6.07) is 19.0. The van der Waals surface area contributed by atoms with Crippen LogP contribution in [0.2, 0.25) is 0 Å². The number of nitrogens with two attached hydrogens (primary N) is 1. The van der Waals surface area contributed by atoms with E-state index >= 15 is 0 Å². The number of nitrogen functional groups attached to an aromatic ring is 1. The summed E-state index contributed by atoms with van der Waals surface area (Å²) in [5.41, 5.74) is 7.23. The number of carbonyl (C=O) groups is 1. The maximum absolute atomic E-state index is 12.2. The molecule has 1 amide bonds. The lowest BCUT2D eigenvalue weighted by atomic mass is 10.1. The molecule has 152 valence electrons. The van der Waals surface area contributed by atoms with Gasteiger partial charge in [-0.05, 0) is 35.2 Å². The third-order valence-electron chi connectivity index (χ3n) is 4.36. The fourth-order valence-electron chi connectivity index (χ4n) is 2.93. The molecule has 4 aromatic rings. The number of ether oxygens (including phenoxy) is 2. The third-order valence-corrected chi connectivity index (χ3v) is 6.18. The van der Waals surface area contributed by atoms with Crippen LogP contribution in [0.15, 0.2) is 71.4 Å². The van der Waals surface area contributed by atoms with Crippen molar-refractivity contribution >= 4 is 50.4 Å². The molecule has 0 radical (unpaired) electrons. The van der Waals surface area contributed by atoms with E-state index in [2.05, 4.69) is 5.32 Å². The molecule has 0 aliphatic rings. The van der Waals surface area contributed by atoms with Gasteiger partial charge in [-0.3, -0.25) is 10.7 Å². The molecule has 4 rings (SSSR count). The quantitative estimate of drug-likeness (QED) is 0.258. The maximum Gasteiger partial charge on any atom is 0.411 e. The molecule has 30 heavy (non-hydrogen) atoms. The number of hydrogen-bond donors (Lipinski definition) is 3. The summed E-state index contributed by atoms with van der Waals surface area (Å²) >= 11 is 2.93. The molecule has 0 saturated carbocycles. The zero-order valence-electron chi connectivity index (χ0n) is 15.8. The van der Waals surface area contributed by atoms with Crippen LogP contribution in [0.1, 0.15) is 16.5 Å². The highest BCUT2D eigenvalue weighted by Gasteiger charge is 2.19. The minimum Gasteiger partial charge on any atom is -0.481 e. The average Bonchev–Trinajstić information content (AvgIpc) is 3.42. The van der Waals surface area contributed by atoms with Gasteiger partial charge in [0.15, 0.2) is 6.10 Å². The molecule has 1 atom stereocenters. The number of hydrogen-bond acceptors (Lipinski definition) is 6. The normalized spacial score (nSPS) is 11.7. The Morgan fingerprint density at radius 1 is 1.13 bits per heavy atom. The Morgan fingerprint density at radius 2 is 1.97 bits per heavy atom. The molecule has 0 bridgehead atoms. The van der Waals surface area contributed by atoms with Crippen molar-refractivity contribution in [1.29, 1.82) is 5.41 Å². The van der Waals surface area contributed by atoms with E-state index in [-0.39, 0.29) is 12.4 Å². The van der Waals surface area contributed by atoms with Crippen LogP contribution in [-0.2, 0) is 4.74 Å². The monoisotopic (exact) mass is 437 g/mol. The summed E-state index contributed by atoms with van der Waals surface area (Å²) in [5.74, 6) is 0.669. The minimum atomic E-state index is -0.537. The summed E-state index contributed by atoms with van der Waals surface area (Å²) in [6.45, 7) is 0.0417. The first-order valence-corrected chi connectivity index (χ1v) is 10.9. The van der Waals surface area contributed by atoms with Gasteiger partial charge in [0.25, 0.3) is 0 Å². The van der Waals surface area contributed by atoms with Crippen LogP contribution in [0.3, 0.4) is 0 Å². The summed E-state index contributed by atoms with van der Waals surface area (Å²) in [7, 11) is 0. The van der Waals surface area contributed by atoms with Crippen LogP contribution in [0.25, 0.3) is 10.1 Å². The zero-order valence-corrected chi connectivity index (χ0v) is 17.5. The second-order valence-corrected chi connectivity index (χ2v) is 8.31. The Balaban J connectivity index is 1.55. The molecule has 6 nitrogen and oxygen atoms in total. The van der Waals surface area contributed by atoms with Crippen LogP contribution >= 0.6 is 22.7 Å². The average molecular weight is 438 g/mol. The molecule has 4 N–H and O–H groups in total. The van der Waals surface area contributed by atoms with E-state index in [0.717, 1.165) is 15.6 Å². The van der Waals surface area contributed by atoms with Gasteiger partial charge < -0.3 is 15.2 Å². The first-order chi connectivity index (χ1) is 14.6. The number of amides is 1. The van der Waals surface area contributed by atoms with Crippen molar-refractivity contribution in [3.63, 3.8) is 0 Å². The summed E-state index contributed by atoms with van der Waals surface area (Å²) in [6.07, 6.45) is -1.03. The van der Waals surface area contributed by atoms with E-state index in [4.69, 9.17) is 20.6 Å². The molecule has 0 saturated heterocycles. The van der Waals surface area contributed by atoms with E-state index in [1.54, 1.807) is 6.07 Å². The fraction of sp³-hybridized carbons (Fsp3) is 0.0909. The fourth-order valence-corrected chi connectivity index (χ4v) is 4.46. The lowest BCUT2D eigenvalue weighted by Crippen LogP contribution is -2.21. The van der Waals surface area contributed by atoms with Gasteiger partial charge in [-0.25, -0.2) is 4.79 Å². The van der Waals surface area contributed by atoms with Crippen LogP contribution in [-0.4, -0.2) is 18.5 Å². The summed E-state index contributed by atoms with van der Waals surface area (Å²) < 4.78 is 12.7. The van der Waals surface area contributed by atoms with Crippen molar-refractivity contribution in [2.75, 3.05) is 11.9 Å². The second kappa shape index (κ2) is 8.98. The molecular weight excluding hydrogens is 418 g/mol. The molecule has 0 aliphatic carbocycles. The topological polar surface area (TPSA) is 97.4 Å². The molecule has 1 unspecified atom stereocenters. The zero-order chi connectivity index (χ0) is 20.9. The molecule has 0 spiro atoms. The number of anilines is 1. The predicted molar refractivity (Wildman–Crippen MR) is 122 cm³/mol. The van der Waals surface area contributed by atoms with Crippen molar-refractivity contribution in [2.24, 2.45) is 5.73 Å². The number of amidine groups is 1. The minimum absolute atomic E-state index is 0.0233. The summed E-state index contributed by atoms with van der Waals surface area (Å²) in [5, 5.41) is 15.0. The van der Waals surface area contributed by atoms with E-state index in [1.807, 2.05) is 65.4 Å². The van der Waals surface area contributed by atoms with Crippen LogP contribution < -0.4 is 15.8 Å². The first kappa shape index (κ1) is 19.9. The molecule has 0 fully saturated rings. The van der Waals surface area contributed by atoms with Gasteiger partial charge in [0.05, 0.1) is 10.6 Å². The summed E-state index contributed by atoms with van der Waals surface area (Å²) in [4.78, 5) is 12.9. The number of thiophene rings is 2. The molecule has 0 aliphatic heterocycles. The SMILES string of the molecule is N=C(N)c1cc2c(OC(COC(=O)Nc3ccsc3)c3ccccc3)cccc2s1. The Labute approximate surface area is 181 Å². The van der Waals surface area contributed by atoms with Crippen LogP contribution in [0.5, 0.6) is 5.75 Å². The van der Waals surface area contributed by atoms with Crippen LogP contribution in [0, 0.1) is 5.41 Å². The number of carbonyl (C=O) groups excluding carboxylic acids is 1. The van der Waals surface area contributed by atoms with E-state index < -0.39 is 12.2 Å². The largest absolute Gasteiger partial charge is 0.481 e. The Morgan fingerprint density at radius 3 is 2.70 bits per heavy atom. The van der Waals surface area contributed by atoms with Gasteiger partial charge in [0, 0.05) is 15.5 Å². The van der Waals surface area contributed by atoms with Crippen LogP contribution in [0.4, 0.5) is 10.5 Å². The molecule has 2 aromatic heterocycles. The number of benzene rings is 2. The van der Waals surface area contributed by atoms with Gasteiger partial charge in [-0.1, -0.05) is 36.4 Å². The van der Waals surface area contributed by atoms with Crippen molar-refractivity contribution in [3.05, 3.63) is 81.9 Å². The molecule has 2 aromatic carbocycles. The van der Waals surface area contributed by atoms with Crippen molar-refractivity contribution in [2.45, 2.75) is 6.10 Å². The van der Waals surface area contributed by atoms with Gasteiger partial charge >= 0.3 is 6.09 Å². The third kappa shape index (κ3) is 4.61. The van der Waals surface area contributed by atoms with Crippen molar-refractivity contribution in [1.82, 2.24) is 0 Å². The highest BCUT2D eigenvalue weighted by atomic mass is 32.1. The van der Waals surface area contributed by atoms with Gasteiger partial charge in [-0.15, -0.1) is 11.3 Å². The van der Waals surface area contributed by atoms with E-state index in [1.165, 1.54) is 22.7 Å². The molecule has 2 heterocycles. The van der Waals surface area contributed by atoms with Gasteiger partial charge in [-0.2, -0.15) is 11.3 Å². The first-order valence-electron chi connectivity index (χ1n) is 9.14. The highest BCUT2D eigenvalue weighted by molar-refractivity contribution is 7.20. The maximum atomic E-state index is 12.2. The Bertz CT molecular complexity index is 1160. The highest BCUT2D eigenvalue weighted by Crippen LogP contribution is 2.35. The predicted octanol–water partition coefficient (Wildman–Crippen LogP) is 5.62. The van der Waals surface area contributed by atoms with Crippen molar-refractivity contribution in [3.8, 4) is 5.75 Å². The lowest BCUT2D eigenvalue weighted by molar-refractivity contribution is 0.0910. The molecular formula is C22H19N3O3S2. The number of rotatable bonds is 7. The van der Waals surface area contributed by atoms with E-state index in [0.29, 0.717) is 16.3 Å². The molecule has 8 heteroatoms. The van der Waals surface area contributed by atoms with Gasteiger partial charge in [0.1, 0.15) is 18.2 Å². The number of fused-ring (bicyclic) bond motifs is 1.